The van der Waals surface area contributed by atoms with E-state index >= 15 is 0 Å². The smallest absolute Gasteiger partial charge is 0.134 e. The molecule has 1 saturated heterocycles. The third-order valence-corrected chi connectivity index (χ3v) is 6.07. The van der Waals surface area contributed by atoms with Crippen LogP contribution in [-0.2, 0) is 0 Å². The lowest BCUT2D eigenvalue weighted by Gasteiger charge is -2.32. The first-order chi connectivity index (χ1) is 10.1. The van der Waals surface area contributed by atoms with Gasteiger partial charge in [0.1, 0.15) is 11.3 Å². The van der Waals surface area contributed by atoms with Gasteiger partial charge in [-0.3, -0.25) is 0 Å². The molecule has 3 rings (SSSR count). The zero-order valence-electron chi connectivity index (χ0n) is 12.6. The number of halogens is 1. The lowest BCUT2D eigenvalue weighted by atomic mass is 9.94. The van der Waals surface area contributed by atoms with Gasteiger partial charge in [-0.2, -0.15) is 11.8 Å². The van der Waals surface area contributed by atoms with Crippen molar-refractivity contribution in [1.82, 2.24) is 5.32 Å². The average Bonchev–Trinajstić information content (AvgIpc) is 3.06. The summed E-state index contributed by atoms with van der Waals surface area (Å²) in [5.74, 6) is 2.28. The fourth-order valence-corrected chi connectivity index (χ4v) is 4.70. The first-order valence-corrected chi connectivity index (χ1v) is 9.05. The minimum atomic E-state index is 0.215. The van der Waals surface area contributed by atoms with Crippen LogP contribution in [0.25, 0.3) is 11.0 Å². The zero-order valence-corrected chi connectivity index (χ0v) is 14.2. The van der Waals surface area contributed by atoms with Crippen molar-refractivity contribution >= 4 is 34.3 Å². The molecule has 2 unspecified atom stereocenters. The van der Waals surface area contributed by atoms with Crippen LogP contribution in [0.5, 0.6) is 0 Å². The molecule has 0 spiro atoms. The summed E-state index contributed by atoms with van der Waals surface area (Å²) in [6, 6.07) is 8.24. The highest BCUT2D eigenvalue weighted by molar-refractivity contribution is 8.00. The molecular weight excluding hydrogens is 302 g/mol. The van der Waals surface area contributed by atoms with Gasteiger partial charge in [-0.05, 0) is 62.7 Å². The van der Waals surface area contributed by atoms with Crippen molar-refractivity contribution in [2.75, 3.05) is 12.3 Å². The van der Waals surface area contributed by atoms with Crippen LogP contribution in [-0.4, -0.2) is 17.0 Å². The SMILES string of the molecule is CCCNC(c1cc2cc(Cl)ccc2o1)C1(C)CCCS1. The van der Waals surface area contributed by atoms with Gasteiger partial charge in [-0.1, -0.05) is 18.5 Å². The van der Waals surface area contributed by atoms with Gasteiger partial charge in [0.05, 0.1) is 6.04 Å². The fraction of sp³-hybridized carbons (Fsp3) is 0.529. The molecule has 1 aromatic carbocycles. The van der Waals surface area contributed by atoms with Gasteiger partial charge in [0.2, 0.25) is 0 Å². The number of fused-ring (bicyclic) bond motifs is 1. The van der Waals surface area contributed by atoms with Crippen molar-refractivity contribution < 1.29 is 4.42 Å². The van der Waals surface area contributed by atoms with E-state index in [1.54, 1.807) is 0 Å². The molecule has 1 aromatic heterocycles. The number of thioether (sulfide) groups is 1. The van der Waals surface area contributed by atoms with Crippen LogP contribution in [0, 0.1) is 0 Å². The molecule has 1 N–H and O–H groups in total. The second-order valence-corrected chi connectivity index (χ2v) is 8.05. The third-order valence-electron chi connectivity index (χ3n) is 4.24. The number of rotatable bonds is 5. The van der Waals surface area contributed by atoms with Crippen LogP contribution in [0.4, 0.5) is 0 Å². The van der Waals surface area contributed by atoms with E-state index in [-0.39, 0.29) is 10.8 Å². The van der Waals surface area contributed by atoms with E-state index in [9.17, 15) is 0 Å². The van der Waals surface area contributed by atoms with Gasteiger partial charge in [-0.25, -0.2) is 0 Å². The lowest BCUT2D eigenvalue weighted by Crippen LogP contribution is -2.37. The molecule has 4 heteroatoms. The van der Waals surface area contributed by atoms with Crippen LogP contribution in [0.1, 0.15) is 44.9 Å². The summed E-state index contributed by atoms with van der Waals surface area (Å²) in [6.45, 7) is 5.57. The van der Waals surface area contributed by atoms with Crippen molar-refractivity contribution in [2.45, 2.75) is 43.9 Å². The quantitative estimate of drug-likeness (QED) is 0.796. The molecule has 1 fully saturated rings. The molecule has 2 heterocycles. The van der Waals surface area contributed by atoms with Crippen molar-refractivity contribution in [1.29, 1.82) is 0 Å². The first-order valence-electron chi connectivity index (χ1n) is 7.69. The van der Waals surface area contributed by atoms with E-state index in [4.69, 9.17) is 16.0 Å². The number of hydrogen-bond donors (Lipinski definition) is 1. The Labute approximate surface area is 135 Å². The second-order valence-electron chi connectivity index (χ2n) is 5.98. The number of hydrogen-bond acceptors (Lipinski definition) is 3. The number of furan rings is 1. The van der Waals surface area contributed by atoms with Crippen LogP contribution in [0.3, 0.4) is 0 Å². The van der Waals surface area contributed by atoms with E-state index in [0.717, 1.165) is 34.7 Å². The molecule has 2 nitrogen and oxygen atoms in total. The van der Waals surface area contributed by atoms with Crippen molar-refractivity contribution in [3.05, 3.63) is 35.0 Å². The number of benzene rings is 1. The highest BCUT2D eigenvalue weighted by Crippen LogP contribution is 2.47. The second kappa shape index (κ2) is 6.23. The fourth-order valence-electron chi connectivity index (χ4n) is 3.11. The average molecular weight is 324 g/mol. The van der Waals surface area contributed by atoms with E-state index in [2.05, 4.69) is 37.0 Å². The van der Waals surface area contributed by atoms with Gasteiger partial charge in [0.15, 0.2) is 0 Å². The summed E-state index contributed by atoms with van der Waals surface area (Å²) in [5, 5.41) is 5.55. The maximum atomic E-state index is 6.13. The van der Waals surface area contributed by atoms with Crippen LogP contribution >= 0.6 is 23.4 Å². The summed E-state index contributed by atoms with van der Waals surface area (Å²) in [6.07, 6.45) is 3.65. The molecule has 0 radical (unpaired) electrons. The van der Waals surface area contributed by atoms with Crippen molar-refractivity contribution in [3.63, 3.8) is 0 Å². The van der Waals surface area contributed by atoms with Crippen LogP contribution in [0.2, 0.25) is 5.02 Å². The Morgan fingerprint density at radius 1 is 1.43 bits per heavy atom. The van der Waals surface area contributed by atoms with Gasteiger partial charge in [-0.15, -0.1) is 0 Å². The molecule has 1 aliphatic heterocycles. The van der Waals surface area contributed by atoms with Crippen molar-refractivity contribution in [3.8, 4) is 0 Å². The Hall–Kier alpha value is -0.640. The third kappa shape index (κ3) is 3.10. The molecule has 0 aliphatic carbocycles. The molecule has 2 aromatic rings. The minimum Gasteiger partial charge on any atom is -0.459 e. The first kappa shape index (κ1) is 15.3. The Morgan fingerprint density at radius 3 is 3.00 bits per heavy atom. The van der Waals surface area contributed by atoms with Gasteiger partial charge >= 0.3 is 0 Å². The Bertz CT molecular complexity index is 618. The Morgan fingerprint density at radius 2 is 2.29 bits per heavy atom. The Kier molecular flexibility index (Phi) is 4.53. The maximum absolute atomic E-state index is 6.13. The Balaban J connectivity index is 1.96. The molecule has 114 valence electrons. The molecule has 21 heavy (non-hydrogen) atoms. The van der Waals surface area contributed by atoms with Crippen LogP contribution in [0.15, 0.2) is 28.7 Å². The number of nitrogens with one attached hydrogen (secondary N) is 1. The summed E-state index contributed by atoms with van der Waals surface area (Å²) < 4.78 is 6.34. The molecular formula is C17H22ClNOS. The maximum Gasteiger partial charge on any atom is 0.134 e. The van der Waals surface area contributed by atoms with E-state index in [0.29, 0.717) is 0 Å². The summed E-state index contributed by atoms with van der Waals surface area (Å²) >= 11 is 8.15. The summed E-state index contributed by atoms with van der Waals surface area (Å²) in [4.78, 5) is 0. The predicted octanol–water partition coefficient (Wildman–Crippen LogP) is 5.41. The largest absolute Gasteiger partial charge is 0.459 e. The van der Waals surface area contributed by atoms with Gasteiger partial charge in [0, 0.05) is 15.2 Å². The normalized spacial score (nSPS) is 23.8. The van der Waals surface area contributed by atoms with Crippen molar-refractivity contribution in [2.24, 2.45) is 0 Å². The lowest BCUT2D eigenvalue weighted by molar-refractivity contribution is 0.355. The predicted molar refractivity (Wildman–Crippen MR) is 92.4 cm³/mol. The van der Waals surface area contributed by atoms with Gasteiger partial charge in [0.25, 0.3) is 0 Å². The summed E-state index contributed by atoms with van der Waals surface area (Å²) in [7, 11) is 0. The topological polar surface area (TPSA) is 25.2 Å². The molecule has 2 atom stereocenters. The molecule has 0 bridgehead atoms. The van der Waals surface area contributed by atoms with E-state index in [1.807, 2.05) is 18.2 Å². The molecule has 1 aliphatic rings. The highest BCUT2D eigenvalue weighted by Gasteiger charge is 2.40. The molecule has 0 saturated carbocycles. The summed E-state index contributed by atoms with van der Waals surface area (Å²) in [5.41, 5.74) is 0.921. The van der Waals surface area contributed by atoms with E-state index in [1.165, 1.54) is 18.6 Å². The van der Waals surface area contributed by atoms with Gasteiger partial charge < -0.3 is 9.73 Å². The van der Waals surface area contributed by atoms with Crippen LogP contribution < -0.4 is 5.32 Å². The molecule has 0 amide bonds. The monoisotopic (exact) mass is 323 g/mol. The van der Waals surface area contributed by atoms with E-state index < -0.39 is 0 Å². The zero-order chi connectivity index (χ0) is 14.9. The standard InChI is InChI=1S/C17H22ClNOS/c1-3-8-19-16(17(2)7-4-9-21-17)15-11-12-10-13(18)5-6-14(12)20-15/h5-6,10-11,16,19H,3-4,7-9H2,1-2H3. The highest BCUT2D eigenvalue weighted by atomic mass is 35.5. The minimum absolute atomic E-state index is 0.215.